The van der Waals surface area contributed by atoms with Crippen LogP contribution in [0.15, 0.2) is 48.5 Å². The predicted molar refractivity (Wildman–Crippen MR) is 99.1 cm³/mol. The van der Waals surface area contributed by atoms with E-state index < -0.39 is 29.9 Å². The summed E-state index contributed by atoms with van der Waals surface area (Å²) in [6, 6.07) is 12.9. The average molecular weight is 392 g/mol. The smallest absolute Gasteiger partial charge is 0.324 e. The van der Waals surface area contributed by atoms with E-state index in [9.17, 15) is 14.4 Å². The van der Waals surface area contributed by atoms with E-state index >= 15 is 0 Å². The first-order valence-electron chi connectivity index (χ1n) is 7.76. The maximum absolute atomic E-state index is 12.7. The van der Waals surface area contributed by atoms with Crippen LogP contribution in [0.25, 0.3) is 0 Å². The van der Waals surface area contributed by atoms with Crippen molar-refractivity contribution in [3.05, 3.63) is 64.1 Å². The fourth-order valence-corrected chi connectivity index (χ4v) is 3.02. The first-order valence-corrected chi connectivity index (χ1v) is 8.51. The molecule has 1 unspecified atom stereocenters. The van der Waals surface area contributed by atoms with Crippen LogP contribution in [0.3, 0.4) is 0 Å². The molecule has 1 atom stereocenters. The normalized spacial score (nSPS) is 19.4. The molecule has 8 heteroatoms. The highest BCUT2D eigenvalue weighted by Crippen LogP contribution is 2.29. The molecule has 0 spiro atoms. The number of anilines is 1. The highest BCUT2D eigenvalue weighted by Gasteiger charge is 2.49. The number of nitrogens with one attached hydrogen (secondary N) is 2. The van der Waals surface area contributed by atoms with E-state index in [0.717, 1.165) is 4.90 Å². The van der Waals surface area contributed by atoms with Gasteiger partial charge in [-0.05, 0) is 30.7 Å². The summed E-state index contributed by atoms with van der Waals surface area (Å²) >= 11 is 11.7. The Morgan fingerprint density at radius 2 is 1.81 bits per heavy atom. The van der Waals surface area contributed by atoms with Crippen molar-refractivity contribution in [2.45, 2.75) is 12.5 Å². The SMILES string of the molecule is CC1(c2ccccc2)NC(=O)N(CC(=O)Nc2ccc(Cl)c(Cl)c2)C1=O. The summed E-state index contributed by atoms with van der Waals surface area (Å²) < 4.78 is 0. The molecule has 0 aromatic heterocycles. The molecule has 6 nitrogen and oxygen atoms in total. The lowest BCUT2D eigenvalue weighted by molar-refractivity contribution is -0.133. The van der Waals surface area contributed by atoms with Gasteiger partial charge in [0.25, 0.3) is 5.91 Å². The molecule has 2 N–H and O–H groups in total. The highest BCUT2D eigenvalue weighted by atomic mass is 35.5. The second-order valence-electron chi connectivity index (χ2n) is 5.99. The fourth-order valence-electron chi connectivity index (χ4n) is 2.73. The van der Waals surface area contributed by atoms with Crippen molar-refractivity contribution in [3.63, 3.8) is 0 Å². The first-order chi connectivity index (χ1) is 12.3. The second kappa shape index (κ2) is 6.97. The van der Waals surface area contributed by atoms with Gasteiger partial charge < -0.3 is 10.6 Å². The van der Waals surface area contributed by atoms with Gasteiger partial charge in [0.1, 0.15) is 12.1 Å². The van der Waals surface area contributed by atoms with Gasteiger partial charge in [-0.15, -0.1) is 0 Å². The third kappa shape index (κ3) is 3.38. The number of imide groups is 1. The zero-order valence-corrected chi connectivity index (χ0v) is 15.3. The van der Waals surface area contributed by atoms with Crippen molar-refractivity contribution in [2.75, 3.05) is 11.9 Å². The Kier molecular flexibility index (Phi) is 4.89. The maximum atomic E-state index is 12.7. The molecule has 0 bridgehead atoms. The van der Waals surface area contributed by atoms with Crippen molar-refractivity contribution < 1.29 is 14.4 Å². The summed E-state index contributed by atoms with van der Waals surface area (Å²) in [5.74, 6) is -1.01. The van der Waals surface area contributed by atoms with Crippen LogP contribution in [0.1, 0.15) is 12.5 Å². The molecule has 4 amide bonds. The first kappa shape index (κ1) is 18.2. The van der Waals surface area contributed by atoms with Crippen molar-refractivity contribution in [2.24, 2.45) is 0 Å². The van der Waals surface area contributed by atoms with E-state index in [0.29, 0.717) is 16.3 Å². The van der Waals surface area contributed by atoms with Crippen molar-refractivity contribution in [1.82, 2.24) is 10.2 Å². The molecule has 134 valence electrons. The molecule has 0 aliphatic carbocycles. The number of rotatable bonds is 4. The Morgan fingerprint density at radius 1 is 1.12 bits per heavy atom. The molecule has 2 aromatic rings. The number of halogens is 2. The summed E-state index contributed by atoms with van der Waals surface area (Å²) in [4.78, 5) is 38.1. The van der Waals surface area contributed by atoms with E-state index in [1.165, 1.54) is 6.07 Å². The maximum Gasteiger partial charge on any atom is 0.325 e. The molecule has 0 radical (unpaired) electrons. The molecule has 1 fully saturated rings. The summed E-state index contributed by atoms with van der Waals surface area (Å²) in [6.45, 7) is 1.20. The third-order valence-electron chi connectivity index (χ3n) is 4.13. The zero-order chi connectivity index (χ0) is 18.9. The Bertz CT molecular complexity index is 889. The van der Waals surface area contributed by atoms with Gasteiger partial charge in [-0.1, -0.05) is 53.5 Å². The van der Waals surface area contributed by atoms with Gasteiger partial charge in [-0.25, -0.2) is 4.79 Å². The van der Waals surface area contributed by atoms with Crippen LogP contribution in [0, 0.1) is 0 Å². The number of benzene rings is 2. The highest BCUT2D eigenvalue weighted by molar-refractivity contribution is 6.42. The van der Waals surface area contributed by atoms with Crippen LogP contribution in [0.5, 0.6) is 0 Å². The predicted octanol–water partition coefficient (Wildman–Crippen LogP) is 3.40. The minimum atomic E-state index is -1.21. The molecule has 1 aliphatic heterocycles. The van der Waals surface area contributed by atoms with Crippen LogP contribution < -0.4 is 10.6 Å². The summed E-state index contributed by atoms with van der Waals surface area (Å²) in [7, 11) is 0. The van der Waals surface area contributed by atoms with Crippen molar-refractivity contribution in [1.29, 1.82) is 0 Å². The number of nitrogens with zero attached hydrogens (tertiary/aromatic N) is 1. The molecular weight excluding hydrogens is 377 g/mol. The average Bonchev–Trinajstić information content (AvgIpc) is 2.83. The van der Waals surface area contributed by atoms with Gasteiger partial charge in [0.15, 0.2) is 0 Å². The van der Waals surface area contributed by atoms with Gasteiger partial charge in [-0.2, -0.15) is 0 Å². The van der Waals surface area contributed by atoms with Crippen molar-refractivity contribution in [3.8, 4) is 0 Å². The van der Waals surface area contributed by atoms with Gasteiger partial charge in [0.05, 0.1) is 10.0 Å². The summed E-state index contributed by atoms with van der Waals surface area (Å²) in [5, 5.41) is 5.89. The minimum absolute atomic E-state index is 0.288. The zero-order valence-electron chi connectivity index (χ0n) is 13.8. The standard InChI is InChI=1S/C18H15Cl2N3O3/c1-18(11-5-3-2-4-6-11)16(25)23(17(26)22-18)10-15(24)21-12-7-8-13(19)14(20)9-12/h2-9H,10H2,1H3,(H,21,24)(H,22,26). The second-order valence-corrected chi connectivity index (χ2v) is 6.80. The monoisotopic (exact) mass is 391 g/mol. The lowest BCUT2D eigenvalue weighted by atomic mass is 9.92. The number of hydrogen-bond donors (Lipinski definition) is 2. The topological polar surface area (TPSA) is 78.5 Å². The van der Waals surface area contributed by atoms with Gasteiger partial charge in [0.2, 0.25) is 5.91 Å². The molecular formula is C18H15Cl2N3O3. The van der Waals surface area contributed by atoms with Crippen LogP contribution in [0.2, 0.25) is 10.0 Å². The molecule has 3 rings (SSSR count). The molecule has 0 saturated carbocycles. The van der Waals surface area contributed by atoms with Crippen LogP contribution >= 0.6 is 23.2 Å². The Balaban J connectivity index is 1.73. The van der Waals surface area contributed by atoms with E-state index in [-0.39, 0.29) is 5.02 Å². The third-order valence-corrected chi connectivity index (χ3v) is 4.87. The number of carbonyl (C=O) groups excluding carboxylic acids is 3. The van der Waals surface area contributed by atoms with Crippen LogP contribution in [-0.2, 0) is 15.1 Å². The fraction of sp³-hybridized carbons (Fsp3) is 0.167. The Morgan fingerprint density at radius 3 is 2.46 bits per heavy atom. The van der Waals surface area contributed by atoms with Gasteiger partial charge in [-0.3, -0.25) is 14.5 Å². The summed E-state index contributed by atoms with van der Waals surface area (Å²) in [6.07, 6.45) is 0. The lowest BCUT2D eigenvalue weighted by Gasteiger charge is -2.22. The summed E-state index contributed by atoms with van der Waals surface area (Å²) in [5.41, 5.74) is -0.143. The van der Waals surface area contributed by atoms with Gasteiger partial charge >= 0.3 is 6.03 Å². The molecule has 26 heavy (non-hydrogen) atoms. The van der Waals surface area contributed by atoms with E-state index in [1.54, 1.807) is 43.3 Å². The number of urea groups is 1. The Labute approximate surface area is 160 Å². The molecule has 1 aliphatic rings. The number of carbonyl (C=O) groups is 3. The Hall–Kier alpha value is -2.57. The lowest BCUT2D eigenvalue weighted by Crippen LogP contribution is -2.42. The van der Waals surface area contributed by atoms with Crippen molar-refractivity contribution >= 4 is 46.7 Å². The quantitative estimate of drug-likeness (QED) is 0.783. The largest absolute Gasteiger partial charge is 0.325 e. The van der Waals surface area contributed by atoms with Crippen LogP contribution in [-0.4, -0.2) is 29.3 Å². The molecule has 1 heterocycles. The molecule has 2 aromatic carbocycles. The number of hydrogen-bond acceptors (Lipinski definition) is 3. The molecule has 1 saturated heterocycles. The van der Waals surface area contributed by atoms with Gasteiger partial charge in [0, 0.05) is 5.69 Å². The van der Waals surface area contributed by atoms with E-state index in [4.69, 9.17) is 23.2 Å². The number of amides is 4. The van der Waals surface area contributed by atoms with Crippen LogP contribution in [0.4, 0.5) is 10.5 Å². The van der Waals surface area contributed by atoms with E-state index in [2.05, 4.69) is 10.6 Å². The van der Waals surface area contributed by atoms with E-state index in [1.807, 2.05) is 6.07 Å². The minimum Gasteiger partial charge on any atom is -0.324 e.